The maximum Gasteiger partial charge on any atom is 0.341 e. The normalized spacial score (nSPS) is 14.9. The largest absolute Gasteiger partial charge is 0.462 e. The molecule has 30 heavy (non-hydrogen) atoms. The van der Waals surface area contributed by atoms with Crippen molar-refractivity contribution in [1.29, 1.82) is 0 Å². The summed E-state index contributed by atoms with van der Waals surface area (Å²) in [4.78, 5) is 31.1. The van der Waals surface area contributed by atoms with E-state index in [4.69, 9.17) is 9.15 Å². The van der Waals surface area contributed by atoms with Gasteiger partial charge in [0.05, 0.1) is 28.6 Å². The number of carbonyl (C=O) groups is 2. The van der Waals surface area contributed by atoms with Crippen molar-refractivity contribution in [2.75, 3.05) is 17.7 Å². The van der Waals surface area contributed by atoms with Crippen molar-refractivity contribution in [2.24, 2.45) is 0 Å². The Morgan fingerprint density at radius 3 is 2.87 bits per heavy atom. The summed E-state index contributed by atoms with van der Waals surface area (Å²) in [5.41, 5.74) is 0.951. The second kappa shape index (κ2) is 7.97. The molecule has 0 atom stereocenters. The molecule has 158 valence electrons. The Hall–Kier alpha value is -2.50. The van der Waals surface area contributed by atoms with Crippen molar-refractivity contribution in [3.63, 3.8) is 0 Å². The number of sulfone groups is 1. The number of oxazole rings is 1. The molecular weight excluding hydrogens is 448 g/mol. The fourth-order valence-electron chi connectivity index (χ4n) is 3.20. The quantitative estimate of drug-likeness (QED) is 0.570. The monoisotopic (exact) mass is 466 g/mol. The fourth-order valence-corrected chi connectivity index (χ4v) is 6.89. The van der Waals surface area contributed by atoms with E-state index in [1.165, 1.54) is 11.3 Å². The number of aryl methyl sites for hydroxylation is 1. The second-order valence-electron chi connectivity index (χ2n) is 6.63. The molecule has 11 heteroatoms. The first-order chi connectivity index (χ1) is 14.3. The van der Waals surface area contributed by atoms with Gasteiger partial charge in [-0.15, -0.1) is 22.7 Å². The zero-order valence-electron chi connectivity index (χ0n) is 16.2. The average molecular weight is 467 g/mol. The summed E-state index contributed by atoms with van der Waals surface area (Å²) in [7, 11) is -3.23. The highest BCUT2D eigenvalue weighted by Crippen LogP contribution is 2.39. The molecule has 3 aromatic heterocycles. The zero-order valence-corrected chi connectivity index (χ0v) is 18.6. The van der Waals surface area contributed by atoms with Gasteiger partial charge >= 0.3 is 5.97 Å². The van der Waals surface area contributed by atoms with Crippen LogP contribution in [-0.4, -0.2) is 37.6 Å². The lowest BCUT2D eigenvalue weighted by Gasteiger charge is -2.13. The van der Waals surface area contributed by atoms with E-state index in [9.17, 15) is 18.0 Å². The van der Waals surface area contributed by atoms with Crippen molar-refractivity contribution in [3.8, 4) is 10.8 Å². The number of amides is 1. The lowest BCUT2D eigenvalue weighted by molar-refractivity contribution is 0.0527. The number of thiophene rings is 2. The third-order valence-corrected chi connectivity index (χ3v) is 8.30. The summed E-state index contributed by atoms with van der Waals surface area (Å²) < 4.78 is 34.8. The van der Waals surface area contributed by atoms with Crippen LogP contribution in [0.1, 0.15) is 44.0 Å². The minimum Gasteiger partial charge on any atom is -0.462 e. The van der Waals surface area contributed by atoms with Crippen LogP contribution in [-0.2, 0) is 26.7 Å². The average Bonchev–Trinajstić information content (AvgIpc) is 3.38. The Morgan fingerprint density at radius 2 is 2.17 bits per heavy atom. The summed E-state index contributed by atoms with van der Waals surface area (Å²) in [6.07, 6.45) is 0.212. The van der Waals surface area contributed by atoms with Gasteiger partial charge in [0, 0.05) is 4.88 Å². The van der Waals surface area contributed by atoms with Crippen LogP contribution < -0.4 is 5.32 Å². The molecule has 4 rings (SSSR count). The molecule has 0 unspecified atom stereocenters. The van der Waals surface area contributed by atoms with Crippen LogP contribution in [0.2, 0.25) is 0 Å². The third-order valence-electron chi connectivity index (χ3n) is 4.56. The number of nitrogens with zero attached hydrogens (tertiary/aromatic N) is 1. The van der Waals surface area contributed by atoms with Gasteiger partial charge < -0.3 is 14.5 Å². The SMILES string of the molecule is CCOC(=O)c1c(NC(=O)c2nc(-c3cccs3)oc2C)sc2c1CCS(=O)(=O)C2. The first-order valence-corrected chi connectivity index (χ1v) is 12.7. The van der Waals surface area contributed by atoms with E-state index in [0.29, 0.717) is 22.1 Å². The number of esters is 1. The van der Waals surface area contributed by atoms with Gasteiger partial charge in [-0.2, -0.15) is 0 Å². The van der Waals surface area contributed by atoms with Crippen LogP contribution in [0, 0.1) is 6.92 Å². The summed E-state index contributed by atoms with van der Waals surface area (Å²) in [5.74, 6) is -0.622. The topological polar surface area (TPSA) is 116 Å². The van der Waals surface area contributed by atoms with E-state index in [1.54, 1.807) is 13.8 Å². The Morgan fingerprint density at radius 1 is 1.37 bits per heavy atom. The maximum atomic E-state index is 12.9. The molecule has 0 saturated heterocycles. The Labute approximate surface area is 180 Å². The van der Waals surface area contributed by atoms with E-state index in [-0.39, 0.29) is 40.8 Å². The van der Waals surface area contributed by atoms with Gasteiger partial charge in [-0.1, -0.05) is 6.07 Å². The Kier molecular flexibility index (Phi) is 5.51. The van der Waals surface area contributed by atoms with Crippen LogP contribution >= 0.6 is 22.7 Å². The highest BCUT2D eigenvalue weighted by atomic mass is 32.2. The minimum absolute atomic E-state index is 0.0386. The number of carbonyl (C=O) groups excluding carboxylic acids is 2. The molecule has 0 radical (unpaired) electrons. The molecule has 1 N–H and O–H groups in total. The summed E-state index contributed by atoms with van der Waals surface area (Å²) in [6.45, 7) is 3.49. The predicted octanol–water partition coefficient (Wildman–Crippen LogP) is 3.67. The van der Waals surface area contributed by atoms with Gasteiger partial charge in [-0.25, -0.2) is 18.2 Å². The number of aromatic nitrogens is 1. The van der Waals surface area contributed by atoms with Crippen molar-refractivity contribution in [1.82, 2.24) is 4.98 Å². The number of nitrogens with one attached hydrogen (secondary N) is 1. The van der Waals surface area contributed by atoms with Crippen molar-refractivity contribution in [2.45, 2.75) is 26.0 Å². The van der Waals surface area contributed by atoms with Gasteiger partial charge in [0.1, 0.15) is 10.8 Å². The fraction of sp³-hybridized carbons (Fsp3) is 0.316. The van der Waals surface area contributed by atoms with E-state index in [0.717, 1.165) is 16.2 Å². The molecular formula is C19H18N2O6S3. The molecule has 0 fully saturated rings. The summed E-state index contributed by atoms with van der Waals surface area (Å²) in [6, 6.07) is 3.69. The van der Waals surface area contributed by atoms with Gasteiger partial charge in [0.2, 0.25) is 5.89 Å². The van der Waals surface area contributed by atoms with Crippen molar-refractivity contribution in [3.05, 3.63) is 45.0 Å². The minimum atomic E-state index is -3.23. The predicted molar refractivity (Wildman–Crippen MR) is 114 cm³/mol. The third kappa shape index (κ3) is 3.92. The van der Waals surface area contributed by atoms with Crippen LogP contribution in [0.4, 0.5) is 5.00 Å². The molecule has 0 spiro atoms. The number of hydrogen-bond donors (Lipinski definition) is 1. The maximum absolute atomic E-state index is 12.9. The van der Waals surface area contributed by atoms with E-state index in [1.807, 2.05) is 17.5 Å². The highest BCUT2D eigenvalue weighted by Gasteiger charge is 2.32. The molecule has 1 aliphatic rings. The van der Waals surface area contributed by atoms with Gasteiger partial charge in [0.25, 0.3) is 5.91 Å². The first-order valence-electron chi connectivity index (χ1n) is 9.13. The second-order valence-corrected chi connectivity index (χ2v) is 10.9. The molecule has 1 amide bonds. The molecule has 8 nitrogen and oxygen atoms in total. The molecule has 4 heterocycles. The van der Waals surface area contributed by atoms with Crippen LogP contribution in [0.5, 0.6) is 0 Å². The number of rotatable bonds is 5. The summed E-state index contributed by atoms with van der Waals surface area (Å²) in [5, 5.41) is 4.86. The number of hydrogen-bond acceptors (Lipinski definition) is 9. The van der Waals surface area contributed by atoms with Gasteiger partial charge in [-0.3, -0.25) is 4.79 Å². The zero-order chi connectivity index (χ0) is 21.5. The Bertz CT molecular complexity index is 1220. The smallest absolute Gasteiger partial charge is 0.341 e. The van der Waals surface area contributed by atoms with E-state index >= 15 is 0 Å². The number of anilines is 1. The molecule has 3 aromatic rings. The lowest BCUT2D eigenvalue weighted by atomic mass is 10.1. The lowest BCUT2D eigenvalue weighted by Crippen LogP contribution is -2.20. The molecule has 0 saturated carbocycles. The van der Waals surface area contributed by atoms with E-state index < -0.39 is 21.7 Å². The number of ether oxygens (including phenoxy) is 1. The van der Waals surface area contributed by atoms with Crippen LogP contribution in [0.25, 0.3) is 10.8 Å². The summed E-state index contributed by atoms with van der Waals surface area (Å²) >= 11 is 2.52. The van der Waals surface area contributed by atoms with Crippen LogP contribution in [0.15, 0.2) is 21.9 Å². The first kappa shape index (κ1) is 20.8. The van der Waals surface area contributed by atoms with Gasteiger partial charge in [-0.05, 0) is 37.3 Å². The van der Waals surface area contributed by atoms with Gasteiger partial charge in [0.15, 0.2) is 15.5 Å². The molecule has 1 aliphatic heterocycles. The highest BCUT2D eigenvalue weighted by molar-refractivity contribution is 7.90. The van der Waals surface area contributed by atoms with Crippen molar-refractivity contribution >= 4 is 49.4 Å². The standard InChI is InChI=1S/C19H18N2O6S3/c1-3-26-19(23)14-11-6-8-30(24,25)9-13(11)29-18(14)21-16(22)15-10(2)27-17(20-15)12-5-4-7-28-12/h4-5,7H,3,6,8-9H2,1-2H3,(H,21,22). The molecule has 0 aromatic carbocycles. The molecule has 0 aliphatic carbocycles. The number of fused-ring (bicyclic) bond motifs is 1. The Balaban J connectivity index is 1.68. The molecule has 0 bridgehead atoms. The van der Waals surface area contributed by atoms with E-state index in [2.05, 4.69) is 10.3 Å². The van der Waals surface area contributed by atoms with Crippen molar-refractivity contribution < 1.29 is 27.2 Å². The van der Waals surface area contributed by atoms with Crippen LogP contribution in [0.3, 0.4) is 0 Å².